The fourth-order valence-corrected chi connectivity index (χ4v) is 8.36. The van der Waals surface area contributed by atoms with Crippen molar-refractivity contribution in [2.24, 2.45) is 0 Å². The first-order valence-electron chi connectivity index (χ1n) is 13.9. The summed E-state index contributed by atoms with van der Waals surface area (Å²) in [5.74, 6) is 1.33. The second kappa shape index (κ2) is 10.2. The Bertz CT molecular complexity index is 1090. The SMILES string of the molecule is CCC1(N2CCOCC2)CCC(Oc2ccnc3sc4c(c23)[C@@H](CC(=O)N2CC[C@H](O)C2)CC4)CC1. The van der Waals surface area contributed by atoms with Crippen LogP contribution in [0.1, 0.15) is 74.6 Å². The lowest BCUT2D eigenvalue weighted by Crippen LogP contribution is -2.55. The third-order valence-electron chi connectivity index (χ3n) is 9.23. The van der Waals surface area contributed by atoms with Crippen molar-refractivity contribution in [3.8, 4) is 5.75 Å². The highest BCUT2D eigenvalue weighted by Crippen LogP contribution is 2.48. The molecule has 3 fully saturated rings. The van der Waals surface area contributed by atoms with Crippen molar-refractivity contribution in [1.29, 1.82) is 0 Å². The zero-order valence-electron chi connectivity index (χ0n) is 21.4. The van der Waals surface area contributed by atoms with Crippen LogP contribution in [-0.4, -0.2) is 82.9 Å². The molecule has 0 aromatic carbocycles. The van der Waals surface area contributed by atoms with Crippen LogP contribution >= 0.6 is 11.3 Å². The van der Waals surface area contributed by atoms with E-state index < -0.39 is 0 Å². The minimum Gasteiger partial charge on any atom is -0.490 e. The van der Waals surface area contributed by atoms with E-state index in [0.717, 1.165) is 68.0 Å². The lowest BCUT2D eigenvalue weighted by atomic mass is 9.77. The van der Waals surface area contributed by atoms with E-state index in [9.17, 15) is 9.90 Å². The molecule has 2 aliphatic heterocycles. The van der Waals surface area contributed by atoms with Crippen LogP contribution in [0, 0.1) is 0 Å². The number of thiophene rings is 1. The van der Waals surface area contributed by atoms with E-state index in [4.69, 9.17) is 9.47 Å². The lowest BCUT2D eigenvalue weighted by Gasteiger charge is -2.49. The van der Waals surface area contributed by atoms with E-state index in [2.05, 4.69) is 16.8 Å². The van der Waals surface area contributed by atoms with E-state index in [0.29, 0.717) is 25.9 Å². The standard InChI is InChI=1S/C28H39N3O4S/c1-2-28(31-13-15-34-16-14-31)9-5-21(6-10-28)35-22-7-11-29-27-26(22)25-19(3-4-23(25)36-27)17-24(33)30-12-8-20(32)18-30/h7,11,19-21,32H,2-6,8-10,12-18H2,1H3/t19-,20+,21?,28?/m1/s1. The van der Waals surface area contributed by atoms with Crippen LogP contribution in [0.4, 0.5) is 0 Å². The number of fused-ring (bicyclic) bond motifs is 3. The number of aromatic nitrogens is 1. The summed E-state index contributed by atoms with van der Waals surface area (Å²) in [5.41, 5.74) is 1.59. The summed E-state index contributed by atoms with van der Waals surface area (Å²) in [5, 5.41) is 11.0. The topological polar surface area (TPSA) is 75.1 Å². The summed E-state index contributed by atoms with van der Waals surface area (Å²) in [6, 6.07) is 2.03. The molecule has 1 N–H and O–H groups in total. The van der Waals surface area contributed by atoms with Gasteiger partial charge in [0.05, 0.1) is 30.8 Å². The van der Waals surface area contributed by atoms with Crippen LogP contribution < -0.4 is 4.74 Å². The van der Waals surface area contributed by atoms with Crippen molar-refractivity contribution in [3.63, 3.8) is 0 Å². The molecule has 2 aliphatic carbocycles. The fraction of sp³-hybridized carbons (Fsp3) is 0.714. The minimum atomic E-state index is -0.371. The van der Waals surface area contributed by atoms with Gasteiger partial charge in [0, 0.05) is 49.2 Å². The zero-order valence-corrected chi connectivity index (χ0v) is 22.2. The van der Waals surface area contributed by atoms with Gasteiger partial charge in [0.25, 0.3) is 0 Å². The second-order valence-electron chi connectivity index (χ2n) is 11.1. The van der Waals surface area contributed by atoms with E-state index >= 15 is 0 Å². The first kappa shape index (κ1) is 24.6. The predicted octanol–water partition coefficient (Wildman–Crippen LogP) is 4.11. The third kappa shape index (κ3) is 4.55. The molecule has 36 heavy (non-hydrogen) atoms. The Balaban J connectivity index is 1.18. The van der Waals surface area contributed by atoms with Crippen molar-refractivity contribution in [3.05, 3.63) is 22.7 Å². The van der Waals surface area contributed by atoms with E-state index in [1.165, 1.54) is 29.7 Å². The minimum absolute atomic E-state index is 0.168. The number of ether oxygens (including phenoxy) is 2. The molecule has 1 saturated carbocycles. The number of β-amino-alcohol motifs (C(OH)–C–C–N with tert-alkyl or cyclic N) is 1. The number of pyridine rings is 1. The highest BCUT2D eigenvalue weighted by molar-refractivity contribution is 7.19. The highest BCUT2D eigenvalue weighted by Gasteiger charge is 2.40. The van der Waals surface area contributed by atoms with E-state index in [1.54, 1.807) is 11.3 Å². The summed E-state index contributed by atoms with van der Waals surface area (Å²) < 4.78 is 12.3. The largest absolute Gasteiger partial charge is 0.490 e. The molecule has 1 amide bonds. The molecule has 0 unspecified atom stereocenters. The van der Waals surface area contributed by atoms with Crippen molar-refractivity contribution in [2.75, 3.05) is 39.4 Å². The normalized spacial score (nSPS) is 31.2. The first-order valence-corrected chi connectivity index (χ1v) is 14.7. The van der Waals surface area contributed by atoms with Gasteiger partial charge in [-0.1, -0.05) is 6.92 Å². The second-order valence-corrected chi connectivity index (χ2v) is 12.2. The molecular formula is C28H39N3O4S. The number of amides is 1. The number of morpholine rings is 1. The van der Waals surface area contributed by atoms with Gasteiger partial charge in [0.1, 0.15) is 10.6 Å². The number of carbonyl (C=O) groups is 1. The molecule has 2 aromatic rings. The fourth-order valence-electron chi connectivity index (χ4n) is 7.10. The Hall–Kier alpha value is -1.74. The molecule has 4 heterocycles. The number of nitrogens with zero attached hydrogens (tertiary/aromatic N) is 3. The smallest absolute Gasteiger partial charge is 0.223 e. The number of rotatable bonds is 6. The van der Waals surface area contributed by atoms with Gasteiger partial charge in [-0.05, 0) is 68.9 Å². The van der Waals surface area contributed by atoms with Crippen molar-refractivity contribution in [1.82, 2.24) is 14.8 Å². The number of aryl methyl sites for hydroxylation is 1. The van der Waals surface area contributed by atoms with Gasteiger partial charge in [-0.25, -0.2) is 4.98 Å². The van der Waals surface area contributed by atoms with Crippen molar-refractivity contribution >= 4 is 27.5 Å². The van der Waals surface area contributed by atoms with Crippen LogP contribution in [-0.2, 0) is 16.0 Å². The summed E-state index contributed by atoms with van der Waals surface area (Å²) in [4.78, 5) is 24.6. The Morgan fingerprint density at radius 1 is 1.22 bits per heavy atom. The molecule has 196 valence electrons. The number of hydrogen-bond donors (Lipinski definition) is 1. The monoisotopic (exact) mass is 513 g/mol. The maximum Gasteiger partial charge on any atom is 0.223 e. The van der Waals surface area contributed by atoms with Gasteiger partial charge >= 0.3 is 0 Å². The maximum absolute atomic E-state index is 13.0. The molecule has 7 nitrogen and oxygen atoms in total. The average molecular weight is 514 g/mol. The number of hydrogen-bond acceptors (Lipinski definition) is 7. The summed E-state index contributed by atoms with van der Waals surface area (Å²) in [6.07, 6.45) is 10.6. The number of aliphatic hydroxyl groups excluding tert-OH is 1. The molecule has 0 spiro atoms. The molecule has 8 heteroatoms. The Morgan fingerprint density at radius 3 is 2.75 bits per heavy atom. The van der Waals surface area contributed by atoms with Gasteiger partial charge in [0.15, 0.2) is 0 Å². The van der Waals surface area contributed by atoms with Gasteiger partial charge in [-0.15, -0.1) is 11.3 Å². The highest BCUT2D eigenvalue weighted by atomic mass is 32.1. The van der Waals surface area contributed by atoms with Crippen LogP contribution in [0.25, 0.3) is 10.2 Å². The quantitative estimate of drug-likeness (QED) is 0.627. The lowest BCUT2D eigenvalue weighted by molar-refractivity contribution is -0.130. The van der Waals surface area contributed by atoms with Crippen molar-refractivity contribution in [2.45, 2.75) is 88.4 Å². The van der Waals surface area contributed by atoms with Gasteiger partial charge in [-0.3, -0.25) is 9.69 Å². The summed E-state index contributed by atoms with van der Waals surface area (Å²) in [6.45, 7) is 7.27. The molecule has 4 aliphatic rings. The van der Waals surface area contributed by atoms with Crippen LogP contribution in [0.2, 0.25) is 0 Å². The zero-order chi connectivity index (χ0) is 24.7. The number of aliphatic hydroxyl groups is 1. The first-order chi connectivity index (χ1) is 17.6. The number of likely N-dealkylation sites (tertiary alicyclic amines) is 1. The van der Waals surface area contributed by atoms with Gasteiger partial charge in [0.2, 0.25) is 5.91 Å². The van der Waals surface area contributed by atoms with Gasteiger partial charge in [-0.2, -0.15) is 0 Å². The molecule has 0 radical (unpaired) electrons. The summed E-state index contributed by atoms with van der Waals surface area (Å²) >= 11 is 1.77. The van der Waals surface area contributed by atoms with Crippen molar-refractivity contribution < 1.29 is 19.4 Å². The van der Waals surface area contributed by atoms with E-state index in [-0.39, 0.29) is 29.6 Å². The van der Waals surface area contributed by atoms with Crippen LogP contribution in [0.5, 0.6) is 5.75 Å². The van der Waals surface area contributed by atoms with E-state index in [1.807, 2.05) is 17.2 Å². The Kier molecular flexibility index (Phi) is 6.97. The molecule has 0 bridgehead atoms. The van der Waals surface area contributed by atoms with Crippen LogP contribution in [0.15, 0.2) is 12.3 Å². The molecule has 6 rings (SSSR count). The molecule has 2 saturated heterocycles. The van der Waals surface area contributed by atoms with Gasteiger partial charge < -0.3 is 19.5 Å². The Morgan fingerprint density at radius 2 is 2.03 bits per heavy atom. The molecule has 2 aromatic heterocycles. The Labute approximate surface area is 217 Å². The third-order valence-corrected chi connectivity index (χ3v) is 10.4. The predicted molar refractivity (Wildman–Crippen MR) is 141 cm³/mol. The maximum atomic E-state index is 13.0. The molecule has 2 atom stereocenters. The molecular weight excluding hydrogens is 474 g/mol. The summed E-state index contributed by atoms with van der Waals surface area (Å²) in [7, 11) is 0. The average Bonchev–Trinajstić information content (AvgIpc) is 3.61. The van der Waals surface area contributed by atoms with Crippen LogP contribution in [0.3, 0.4) is 0 Å². The number of carbonyl (C=O) groups excluding carboxylic acids is 1.